The number of sulfonamides is 1. The van der Waals surface area contributed by atoms with E-state index in [1.165, 1.54) is 4.31 Å². The molecule has 7 nitrogen and oxygen atoms in total. The maximum absolute atomic E-state index is 13.3. The predicted octanol–water partition coefficient (Wildman–Crippen LogP) is 4.04. The van der Waals surface area contributed by atoms with Gasteiger partial charge in [0.15, 0.2) is 5.03 Å². The summed E-state index contributed by atoms with van der Waals surface area (Å²) < 4.78 is 29.8. The van der Waals surface area contributed by atoms with Gasteiger partial charge in [0.05, 0.1) is 0 Å². The second kappa shape index (κ2) is 8.87. The lowest BCUT2D eigenvalue weighted by atomic mass is 10.0. The SMILES string of the molecule is Cn1c(S(=O)(=O)N2CCN(C(=O)c3ccc(-c4ccncc4)cc3)CC2)cc2cc(Cl)ccc21. The Morgan fingerprint density at radius 2 is 1.53 bits per heavy atom. The van der Waals surface area contributed by atoms with E-state index in [-0.39, 0.29) is 24.0 Å². The van der Waals surface area contributed by atoms with Gasteiger partial charge in [0.25, 0.3) is 15.9 Å². The first-order chi connectivity index (χ1) is 16.3. The number of carbonyl (C=O) groups is 1. The maximum Gasteiger partial charge on any atom is 0.258 e. The Bertz CT molecular complexity index is 1460. The lowest BCUT2D eigenvalue weighted by Gasteiger charge is -2.34. The predicted molar refractivity (Wildman–Crippen MR) is 132 cm³/mol. The Labute approximate surface area is 203 Å². The molecule has 9 heteroatoms. The molecule has 0 unspecified atom stereocenters. The van der Waals surface area contributed by atoms with Crippen LogP contribution in [0.15, 0.2) is 78.1 Å². The van der Waals surface area contributed by atoms with Gasteiger partial charge in [-0.3, -0.25) is 9.78 Å². The second-order valence-corrected chi connectivity index (χ2v) is 10.6. The van der Waals surface area contributed by atoms with E-state index in [4.69, 9.17) is 11.6 Å². The van der Waals surface area contributed by atoms with Crippen LogP contribution in [0.1, 0.15) is 10.4 Å². The summed E-state index contributed by atoms with van der Waals surface area (Å²) in [5.74, 6) is -0.0995. The molecule has 2 aromatic heterocycles. The molecule has 4 aromatic rings. The number of rotatable bonds is 4. The average Bonchev–Trinajstić information content (AvgIpc) is 3.20. The summed E-state index contributed by atoms with van der Waals surface area (Å²) in [4.78, 5) is 18.7. The van der Waals surface area contributed by atoms with Crippen molar-refractivity contribution in [2.75, 3.05) is 26.2 Å². The van der Waals surface area contributed by atoms with Crippen LogP contribution >= 0.6 is 11.6 Å². The number of benzene rings is 2. The van der Waals surface area contributed by atoms with Crippen LogP contribution < -0.4 is 0 Å². The van der Waals surface area contributed by atoms with E-state index in [1.807, 2.05) is 42.5 Å². The summed E-state index contributed by atoms with van der Waals surface area (Å²) in [5.41, 5.74) is 3.42. The molecule has 2 aromatic carbocycles. The topological polar surface area (TPSA) is 75.5 Å². The van der Waals surface area contributed by atoms with Crippen molar-refractivity contribution in [3.63, 3.8) is 0 Å². The highest BCUT2D eigenvalue weighted by atomic mass is 35.5. The standard InChI is InChI=1S/C25H23ClN4O3S/c1-28-23-7-6-22(26)16-21(23)17-24(28)34(32,33)30-14-12-29(13-15-30)25(31)20-4-2-18(3-5-20)19-8-10-27-11-9-19/h2-11,16-17H,12-15H2,1H3. The Kier molecular flexibility index (Phi) is 5.89. The van der Waals surface area contributed by atoms with E-state index >= 15 is 0 Å². The minimum atomic E-state index is -3.71. The molecule has 0 radical (unpaired) electrons. The lowest BCUT2D eigenvalue weighted by molar-refractivity contribution is 0.0697. The summed E-state index contributed by atoms with van der Waals surface area (Å²) in [5, 5.41) is 1.55. The first-order valence-electron chi connectivity index (χ1n) is 10.9. The number of hydrogen-bond acceptors (Lipinski definition) is 4. The lowest BCUT2D eigenvalue weighted by Crippen LogP contribution is -2.50. The average molecular weight is 495 g/mol. The Morgan fingerprint density at radius 3 is 2.21 bits per heavy atom. The van der Waals surface area contributed by atoms with E-state index in [0.29, 0.717) is 23.7 Å². The number of hydrogen-bond donors (Lipinski definition) is 0. The quantitative estimate of drug-likeness (QED) is 0.429. The molecule has 0 aliphatic carbocycles. The van der Waals surface area contributed by atoms with Crippen LogP contribution in [-0.4, -0.2) is 59.3 Å². The van der Waals surface area contributed by atoms with E-state index in [1.54, 1.807) is 47.1 Å². The zero-order valence-electron chi connectivity index (χ0n) is 18.6. The number of piperazine rings is 1. The first-order valence-corrected chi connectivity index (χ1v) is 12.7. The normalized spacial score (nSPS) is 15.1. The highest BCUT2D eigenvalue weighted by molar-refractivity contribution is 7.89. The Balaban J connectivity index is 1.29. The summed E-state index contributed by atoms with van der Waals surface area (Å²) in [6.07, 6.45) is 3.46. The van der Waals surface area contributed by atoms with Gasteiger partial charge in [-0.25, -0.2) is 8.42 Å². The number of fused-ring (bicyclic) bond motifs is 1. The number of carbonyl (C=O) groups excluding carboxylic acids is 1. The third kappa shape index (κ3) is 4.09. The van der Waals surface area contributed by atoms with Crippen LogP contribution in [-0.2, 0) is 17.1 Å². The van der Waals surface area contributed by atoms with E-state index < -0.39 is 10.0 Å². The van der Waals surface area contributed by atoms with Gasteiger partial charge in [-0.15, -0.1) is 0 Å². The minimum Gasteiger partial charge on any atom is -0.336 e. The van der Waals surface area contributed by atoms with Gasteiger partial charge < -0.3 is 9.47 Å². The van der Waals surface area contributed by atoms with Crippen LogP contribution in [0, 0.1) is 0 Å². The number of amides is 1. The van der Waals surface area contributed by atoms with Crippen molar-refractivity contribution in [3.05, 3.63) is 83.6 Å². The fourth-order valence-electron chi connectivity index (χ4n) is 4.34. The van der Waals surface area contributed by atoms with Crippen LogP contribution in [0.2, 0.25) is 5.02 Å². The monoisotopic (exact) mass is 494 g/mol. The van der Waals surface area contributed by atoms with Crippen molar-refractivity contribution in [3.8, 4) is 11.1 Å². The fourth-order valence-corrected chi connectivity index (χ4v) is 6.15. The third-order valence-corrected chi connectivity index (χ3v) is 8.44. The van der Waals surface area contributed by atoms with E-state index in [0.717, 1.165) is 22.0 Å². The summed E-state index contributed by atoms with van der Waals surface area (Å²) in [7, 11) is -1.97. The molecular formula is C25H23ClN4O3S. The van der Waals surface area contributed by atoms with Crippen LogP contribution in [0.3, 0.4) is 0 Å². The van der Waals surface area contributed by atoms with Crippen LogP contribution in [0.25, 0.3) is 22.0 Å². The summed E-state index contributed by atoms with van der Waals surface area (Å²) >= 11 is 6.07. The Morgan fingerprint density at radius 1 is 0.882 bits per heavy atom. The molecule has 1 aliphatic heterocycles. The molecule has 1 saturated heterocycles. The van der Waals surface area contributed by atoms with Gasteiger partial charge in [-0.05, 0) is 59.7 Å². The molecular weight excluding hydrogens is 472 g/mol. The molecule has 0 bridgehead atoms. The van der Waals surface area contributed by atoms with Crippen molar-refractivity contribution < 1.29 is 13.2 Å². The molecule has 0 atom stereocenters. The van der Waals surface area contributed by atoms with E-state index in [2.05, 4.69) is 4.98 Å². The van der Waals surface area contributed by atoms with Crippen LogP contribution in [0.5, 0.6) is 0 Å². The zero-order chi connectivity index (χ0) is 23.9. The second-order valence-electron chi connectivity index (χ2n) is 8.25. The zero-order valence-corrected chi connectivity index (χ0v) is 20.1. The molecule has 0 spiro atoms. The molecule has 1 aliphatic rings. The van der Waals surface area contributed by atoms with E-state index in [9.17, 15) is 13.2 Å². The molecule has 3 heterocycles. The molecule has 174 valence electrons. The van der Waals surface area contributed by atoms with Gasteiger partial charge in [-0.1, -0.05) is 23.7 Å². The number of aryl methyl sites for hydroxylation is 1. The van der Waals surface area contributed by atoms with Gasteiger partial charge in [0, 0.05) is 67.1 Å². The molecule has 0 saturated carbocycles. The molecule has 0 N–H and O–H groups in total. The number of nitrogens with zero attached hydrogens (tertiary/aromatic N) is 4. The van der Waals surface area contributed by atoms with Gasteiger partial charge in [-0.2, -0.15) is 4.31 Å². The van der Waals surface area contributed by atoms with Crippen molar-refractivity contribution in [2.24, 2.45) is 7.05 Å². The van der Waals surface area contributed by atoms with Crippen molar-refractivity contribution in [1.82, 2.24) is 18.8 Å². The van der Waals surface area contributed by atoms with Gasteiger partial charge >= 0.3 is 0 Å². The van der Waals surface area contributed by atoms with Gasteiger partial charge in [0.1, 0.15) is 0 Å². The number of aromatic nitrogens is 2. The number of halogens is 1. The summed E-state index contributed by atoms with van der Waals surface area (Å²) in [6, 6.07) is 18.2. The molecule has 5 rings (SSSR count). The summed E-state index contributed by atoms with van der Waals surface area (Å²) in [6.45, 7) is 1.15. The highest BCUT2D eigenvalue weighted by Gasteiger charge is 2.32. The molecule has 1 fully saturated rings. The van der Waals surface area contributed by atoms with Crippen LogP contribution in [0.4, 0.5) is 0 Å². The molecule has 34 heavy (non-hydrogen) atoms. The largest absolute Gasteiger partial charge is 0.336 e. The highest BCUT2D eigenvalue weighted by Crippen LogP contribution is 2.28. The van der Waals surface area contributed by atoms with Crippen molar-refractivity contribution >= 4 is 38.4 Å². The Hall–Kier alpha value is -3.20. The molecule has 1 amide bonds. The van der Waals surface area contributed by atoms with Crippen molar-refractivity contribution in [2.45, 2.75) is 5.03 Å². The fraction of sp³-hybridized carbons (Fsp3) is 0.200. The van der Waals surface area contributed by atoms with Gasteiger partial charge in [0.2, 0.25) is 0 Å². The first kappa shape index (κ1) is 22.6. The smallest absolute Gasteiger partial charge is 0.258 e. The number of pyridine rings is 1. The van der Waals surface area contributed by atoms with Crippen molar-refractivity contribution in [1.29, 1.82) is 0 Å². The maximum atomic E-state index is 13.3. The third-order valence-electron chi connectivity index (χ3n) is 6.24. The minimum absolute atomic E-state index is 0.0995.